The highest BCUT2D eigenvalue weighted by Crippen LogP contribution is 2.20. The number of ether oxygens (including phenoxy) is 1. The molecule has 0 fully saturated rings. The van der Waals surface area contributed by atoms with Crippen molar-refractivity contribution in [1.82, 2.24) is 10.2 Å². The summed E-state index contributed by atoms with van der Waals surface area (Å²) in [5, 5.41) is 6.85. The highest BCUT2D eigenvalue weighted by Gasteiger charge is 2.27. The maximum atomic E-state index is 11.9. The van der Waals surface area contributed by atoms with E-state index in [-0.39, 0.29) is 5.69 Å². The monoisotopic (exact) mass is 258 g/mol. The van der Waals surface area contributed by atoms with Gasteiger partial charge in [0, 0.05) is 5.39 Å². The molecule has 18 heavy (non-hydrogen) atoms. The minimum Gasteiger partial charge on any atom is -0.461 e. The Morgan fingerprint density at radius 3 is 2.78 bits per heavy atom. The second kappa shape index (κ2) is 4.67. The SMILES string of the molecule is O=C(OCCC(F)(F)F)c1n[nH]c2ccccc12. The van der Waals surface area contributed by atoms with Crippen molar-refractivity contribution in [3.05, 3.63) is 30.0 Å². The molecule has 96 valence electrons. The molecule has 1 N–H and O–H groups in total. The summed E-state index contributed by atoms with van der Waals surface area (Å²) in [5.74, 6) is -0.864. The summed E-state index contributed by atoms with van der Waals surface area (Å²) in [6.45, 7) is -0.705. The van der Waals surface area contributed by atoms with E-state index < -0.39 is 25.2 Å². The molecule has 1 aromatic carbocycles. The van der Waals surface area contributed by atoms with Gasteiger partial charge in [0.2, 0.25) is 0 Å². The van der Waals surface area contributed by atoms with Gasteiger partial charge in [0.15, 0.2) is 5.69 Å². The number of nitrogens with one attached hydrogen (secondary N) is 1. The fourth-order valence-electron chi connectivity index (χ4n) is 1.45. The molecule has 1 heterocycles. The highest BCUT2D eigenvalue weighted by molar-refractivity contribution is 6.01. The van der Waals surface area contributed by atoms with Crippen LogP contribution in [0.1, 0.15) is 16.9 Å². The zero-order valence-electron chi connectivity index (χ0n) is 9.12. The quantitative estimate of drug-likeness (QED) is 0.861. The second-order valence-electron chi connectivity index (χ2n) is 3.62. The maximum absolute atomic E-state index is 11.9. The molecule has 4 nitrogen and oxygen atoms in total. The van der Waals surface area contributed by atoms with Crippen molar-refractivity contribution in [2.24, 2.45) is 0 Å². The van der Waals surface area contributed by atoms with Gasteiger partial charge < -0.3 is 4.74 Å². The molecule has 0 saturated heterocycles. The Morgan fingerprint density at radius 2 is 2.06 bits per heavy atom. The largest absolute Gasteiger partial charge is 0.461 e. The molecule has 0 unspecified atom stereocenters. The third kappa shape index (κ3) is 2.79. The van der Waals surface area contributed by atoms with Gasteiger partial charge in [-0.25, -0.2) is 4.79 Å². The lowest BCUT2D eigenvalue weighted by molar-refractivity contribution is -0.141. The van der Waals surface area contributed by atoms with Gasteiger partial charge >= 0.3 is 12.1 Å². The van der Waals surface area contributed by atoms with Gasteiger partial charge in [0.25, 0.3) is 0 Å². The minimum atomic E-state index is -4.34. The summed E-state index contributed by atoms with van der Waals surface area (Å²) in [7, 11) is 0. The van der Waals surface area contributed by atoms with E-state index in [2.05, 4.69) is 14.9 Å². The number of carbonyl (C=O) groups excluding carboxylic acids is 1. The van der Waals surface area contributed by atoms with Crippen molar-refractivity contribution >= 4 is 16.9 Å². The van der Waals surface area contributed by atoms with E-state index in [1.807, 2.05) is 0 Å². The molecule has 0 aliphatic heterocycles. The van der Waals surface area contributed by atoms with Crippen molar-refractivity contribution in [3.8, 4) is 0 Å². The minimum absolute atomic E-state index is 0.00669. The summed E-state index contributed by atoms with van der Waals surface area (Å²) in [6, 6.07) is 6.79. The Kier molecular flexibility index (Phi) is 3.22. The van der Waals surface area contributed by atoms with Gasteiger partial charge in [-0.1, -0.05) is 18.2 Å². The third-order valence-electron chi connectivity index (χ3n) is 2.28. The van der Waals surface area contributed by atoms with Crippen LogP contribution >= 0.6 is 0 Å². The predicted molar refractivity (Wildman–Crippen MR) is 57.0 cm³/mol. The van der Waals surface area contributed by atoms with Gasteiger partial charge in [-0.2, -0.15) is 18.3 Å². The molecule has 0 amide bonds. The molecule has 0 aliphatic carbocycles. The highest BCUT2D eigenvalue weighted by atomic mass is 19.4. The number of H-pyrrole nitrogens is 1. The summed E-state index contributed by atoms with van der Waals surface area (Å²) < 4.78 is 40.2. The van der Waals surface area contributed by atoms with Crippen LogP contribution in [-0.2, 0) is 4.74 Å². The Bertz CT molecular complexity index is 563. The summed E-state index contributed by atoms with van der Waals surface area (Å²) in [6.07, 6.45) is -5.50. The molecular weight excluding hydrogens is 249 g/mol. The van der Waals surface area contributed by atoms with E-state index in [1.54, 1.807) is 24.3 Å². The Labute approximate surface area is 99.7 Å². The van der Waals surface area contributed by atoms with Crippen LogP contribution in [-0.4, -0.2) is 28.9 Å². The number of hydrogen-bond acceptors (Lipinski definition) is 3. The van der Waals surface area contributed by atoms with Crippen molar-refractivity contribution in [3.63, 3.8) is 0 Å². The van der Waals surface area contributed by atoms with Gasteiger partial charge in [-0.05, 0) is 6.07 Å². The van der Waals surface area contributed by atoms with E-state index in [1.165, 1.54) is 0 Å². The number of nitrogens with zero attached hydrogens (tertiary/aromatic N) is 1. The number of fused-ring (bicyclic) bond motifs is 1. The van der Waals surface area contributed by atoms with Crippen LogP contribution in [0.5, 0.6) is 0 Å². The Morgan fingerprint density at radius 1 is 1.33 bits per heavy atom. The molecule has 0 saturated carbocycles. The number of rotatable bonds is 3. The average molecular weight is 258 g/mol. The van der Waals surface area contributed by atoms with Crippen LogP contribution in [0.25, 0.3) is 10.9 Å². The van der Waals surface area contributed by atoms with Crippen molar-refractivity contribution in [1.29, 1.82) is 0 Å². The first-order valence-electron chi connectivity index (χ1n) is 5.14. The van der Waals surface area contributed by atoms with Gasteiger partial charge in [-0.15, -0.1) is 0 Å². The molecule has 1 aromatic heterocycles. The zero-order chi connectivity index (χ0) is 13.2. The summed E-state index contributed by atoms with van der Waals surface area (Å²) >= 11 is 0. The van der Waals surface area contributed by atoms with Crippen LogP contribution in [0, 0.1) is 0 Å². The number of hydrogen-bond donors (Lipinski definition) is 1. The normalized spacial score (nSPS) is 11.7. The molecule has 0 spiro atoms. The number of aromatic amines is 1. The maximum Gasteiger partial charge on any atom is 0.392 e. The topological polar surface area (TPSA) is 55.0 Å². The molecule has 2 aromatic rings. The van der Waals surface area contributed by atoms with E-state index in [9.17, 15) is 18.0 Å². The molecule has 0 atom stereocenters. The second-order valence-corrected chi connectivity index (χ2v) is 3.62. The van der Waals surface area contributed by atoms with Crippen LogP contribution in [0.2, 0.25) is 0 Å². The smallest absolute Gasteiger partial charge is 0.392 e. The first kappa shape index (κ1) is 12.4. The molecule has 0 bridgehead atoms. The Balaban J connectivity index is 2.05. The number of carbonyl (C=O) groups is 1. The lowest BCUT2D eigenvalue weighted by Crippen LogP contribution is -2.15. The van der Waals surface area contributed by atoms with Crippen LogP contribution in [0.4, 0.5) is 13.2 Å². The van der Waals surface area contributed by atoms with Crippen LogP contribution < -0.4 is 0 Å². The lowest BCUT2D eigenvalue weighted by Gasteiger charge is -2.06. The van der Waals surface area contributed by atoms with Gasteiger partial charge in [0.05, 0.1) is 11.9 Å². The van der Waals surface area contributed by atoms with Crippen LogP contribution in [0.15, 0.2) is 24.3 Å². The number of esters is 1. The zero-order valence-corrected chi connectivity index (χ0v) is 9.12. The lowest BCUT2D eigenvalue weighted by atomic mass is 10.2. The summed E-state index contributed by atoms with van der Waals surface area (Å²) in [4.78, 5) is 11.5. The fraction of sp³-hybridized carbons (Fsp3) is 0.273. The Hall–Kier alpha value is -2.05. The van der Waals surface area contributed by atoms with Gasteiger partial charge in [0.1, 0.15) is 6.61 Å². The third-order valence-corrected chi connectivity index (χ3v) is 2.28. The number of alkyl halides is 3. The predicted octanol–water partition coefficient (Wildman–Crippen LogP) is 2.67. The van der Waals surface area contributed by atoms with Crippen LogP contribution in [0.3, 0.4) is 0 Å². The number of aromatic nitrogens is 2. The first-order chi connectivity index (χ1) is 8.47. The van der Waals surface area contributed by atoms with Crippen molar-refractivity contribution in [2.75, 3.05) is 6.61 Å². The van der Waals surface area contributed by atoms with Crippen molar-refractivity contribution < 1.29 is 22.7 Å². The average Bonchev–Trinajstić information content (AvgIpc) is 2.70. The first-order valence-corrected chi connectivity index (χ1v) is 5.14. The van der Waals surface area contributed by atoms with Gasteiger partial charge in [-0.3, -0.25) is 5.10 Å². The molecule has 0 radical (unpaired) electrons. The molecular formula is C11H9F3N2O2. The molecule has 7 heteroatoms. The van der Waals surface area contributed by atoms with Crippen molar-refractivity contribution in [2.45, 2.75) is 12.6 Å². The van der Waals surface area contributed by atoms with E-state index >= 15 is 0 Å². The molecule has 0 aliphatic rings. The van der Waals surface area contributed by atoms with E-state index in [0.717, 1.165) is 0 Å². The summed E-state index contributed by atoms with van der Waals surface area (Å²) in [5.41, 5.74) is 0.619. The van der Waals surface area contributed by atoms with E-state index in [4.69, 9.17) is 0 Å². The fourth-order valence-corrected chi connectivity index (χ4v) is 1.45. The molecule has 2 rings (SSSR count). The standard InChI is InChI=1S/C11H9F3N2O2/c12-11(13,14)5-6-18-10(17)9-7-3-1-2-4-8(7)15-16-9/h1-4H,5-6H2,(H,15,16). The van der Waals surface area contributed by atoms with E-state index in [0.29, 0.717) is 10.9 Å². The number of benzene rings is 1. The number of halogens is 3. The number of para-hydroxylation sites is 1.